The first kappa shape index (κ1) is 15.3. The molecule has 0 N–H and O–H groups in total. The predicted octanol–water partition coefficient (Wildman–Crippen LogP) is 5.44. The Kier molecular flexibility index (Phi) is 4.16. The third-order valence-corrected chi connectivity index (χ3v) is 4.39. The number of hydrogen-bond donors (Lipinski definition) is 0. The Morgan fingerprint density at radius 3 is 2.04 bits per heavy atom. The number of nitrogens with zero attached hydrogens (tertiary/aromatic N) is 2. The maximum Gasteiger partial charge on any atom is 0.132 e. The summed E-state index contributed by atoms with van der Waals surface area (Å²) >= 11 is 0. The summed E-state index contributed by atoms with van der Waals surface area (Å²) in [6.07, 6.45) is 1.82. The third kappa shape index (κ3) is 3.11. The molecule has 0 aliphatic rings. The molecular weight excluding hydrogens is 280 g/mol. The van der Waals surface area contributed by atoms with E-state index in [1.54, 1.807) is 0 Å². The van der Waals surface area contributed by atoms with Crippen molar-refractivity contribution in [1.29, 1.82) is 0 Å². The molecule has 0 fully saturated rings. The molecule has 3 rings (SSSR count). The fourth-order valence-corrected chi connectivity index (χ4v) is 2.81. The van der Waals surface area contributed by atoms with Crippen LogP contribution in [0.5, 0.6) is 0 Å². The molecular formula is C21H22N2. The van der Waals surface area contributed by atoms with E-state index >= 15 is 0 Å². The second-order valence-corrected chi connectivity index (χ2v) is 6.05. The van der Waals surface area contributed by atoms with Crippen LogP contribution in [0.1, 0.15) is 16.7 Å². The Labute approximate surface area is 138 Å². The molecule has 0 bridgehead atoms. The molecule has 1 heterocycles. The summed E-state index contributed by atoms with van der Waals surface area (Å²) in [5.41, 5.74) is 7.60. The molecule has 23 heavy (non-hydrogen) atoms. The van der Waals surface area contributed by atoms with Gasteiger partial charge in [-0.1, -0.05) is 30.3 Å². The fraction of sp³-hybridized carbons (Fsp3) is 0.190. The highest BCUT2D eigenvalue weighted by atomic mass is 15.2. The van der Waals surface area contributed by atoms with Gasteiger partial charge in [-0.2, -0.15) is 0 Å². The molecule has 2 aromatic carbocycles. The summed E-state index contributed by atoms with van der Waals surface area (Å²) in [5, 5.41) is 0. The van der Waals surface area contributed by atoms with Gasteiger partial charge in [0, 0.05) is 18.9 Å². The largest absolute Gasteiger partial charge is 0.329 e. The van der Waals surface area contributed by atoms with E-state index in [4.69, 9.17) is 0 Å². The van der Waals surface area contributed by atoms with Crippen LogP contribution < -0.4 is 4.90 Å². The number of benzene rings is 2. The van der Waals surface area contributed by atoms with Crippen molar-refractivity contribution < 1.29 is 0 Å². The number of anilines is 2. The van der Waals surface area contributed by atoms with E-state index < -0.39 is 0 Å². The highest BCUT2D eigenvalue weighted by molar-refractivity contribution is 5.72. The lowest BCUT2D eigenvalue weighted by Gasteiger charge is -2.21. The molecule has 0 aliphatic heterocycles. The normalized spacial score (nSPS) is 10.6. The molecule has 0 unspecified atom stereocenters. The molecule has 0 saturated carbocycles. The highest BCUT2D eigenvalue weighted by Gasteiger charge is 2.09. The Morgan fingerprint density at radius 1 is 0.739 bits per heavy atom. The number of aryl methyl sites for hydroxylation is 3. The van der Waals surface area contributed by atoms with Crippen LogP contribution >= 0.6 is 0 Å². The molecule has 0 amide bonds. The molecule has 0 atom stereocenters. The first-order chi connectivity index (χ1) is 11.1. The lowest BCUT2D eigenvalue weighted by molar-refractivity contribution is 1.11. The first-order valence-corrected chi connectivity index (χ1v) is 7.89. The van der Waals surface area contributed by atoms with Crippen molar-refractivity contribution in [2.75, 3.05) is 11.9 Å². The van der Waals surface area contributed by atoms with E-state index in [1.807, 2.05) is 24.4 Å². The summed E-state index contributed by atoms with van der Waals surface area (Å²) in [5.74, 6) is 0.953. The molecule has 0 aliphatic carbocycles. The smallest absolute Gasteiger partial charge is 0.132 e. The van der Waals surface area contributed by atoms with Crippen LogP contribution in [0.25, 0.3) is 11.1 Å². The molecule has 0 spiro atoms. The summed E-state index contributed by atoms with van der Waals surface area (Å²) < 4.78 is 0. The maximum atomic E-state index is 4.42. The summed E-state index contributed by atoms with van der Waals surface area (Å²) in [6.45, 7) is 6.46. The Morgan fingerprint density at radius 2 is 1.43 bits per heavy atom. The van der Waals surface area contributed by atoms with Gasteiger partial charge < -0.3 is 4.90 Å². The van der Waals surface area contributed by atoms with Crippen molar-refractivity contribution in [2.24, 2.45) is 0 Å². The quantitative estimate of drug-likeness (QED) is 0.640. The summed E-state index contributed by atoms with van der Waals surface area (Å²) in [7, 11) is 2.06. The second kappa shape index (κ2) is 6.25. The first-order valence-electron chi connectivity index (χ1n) is 7.89. The van der Waals surface area contributed by atoms with E-state index in [0.29, 0.717) is 0 Å². The average Bonchev–Trinajstić information content (AvgIpc) is 2.57. The average molecular weight is 302 g/mol. The SMILES string of the molecule is Cc1ccc(-c2ccc(N(C)c3ccccn3)c(C)c2)cc1C. The van der Waals surface area contributed by atoms with Gasteiger partial charge in [0.1, 0.15) is 5.82 Å². The van der Waals surface area contributed by atoms with Gasteiger partial charge in [0.25, 0.3) is 0 Å². The molecule has 1 aromatic heterocycles. The van der Waals surface area contributed by atoms with Crippen LogP contribution in [0.3, 0.4) is 0 Å². The predicted molar refractivity (Wildman–Crippen MR) is 98.4 cm³/mol. The van der Waals surface area contributed by atoms with E-state index in [0.717, 1.165) is 5.82 Å². The Bertz CT molecular complexity index is 823. The summed E-state index contributed by atoms with van der Waals surface area (Å²) in [6, 6.07) is 19.2. The Hall–Kier alpha value is -2.61. The van der Waals surface area contributed by atoms with Crippen molar-refractivity contribution >= 4 is 11.5 Å². The standard InChI is InChI=1S/C21H22N2/c1-15-8-9-18(13-16(15)2)19-10-11-20(17(3)14-19)23(4)21-7-5-6-12-22-21/h5-14H,1-4H3. The van der Waals surface area contributed by atoms with Crippen molar-refractivity contribution in [3.8, 4) is 11.1 Å². The van der Waals surface area contributed by atoms with Crippen molar-refractivity contribution in [3.63, 3.8) is 0 Å². The van der Waals surface area contributed by atoms with E-state index in [2.05, 4.69) is 74.1 Å². The second-order valence-electron chi connectivity index (χ2n) is 6.05. The lowest BCUT2D eigenvalue weighted by Crippen LogP contribution is -2.12. The van der Waals surface area contributed by atoms with Gasteiger partial charge in [-0.25, -0.2) is 4.98 Å². The van der Waals surface area contributed by atoms with Crippen LogP contribution in [0, 0.1) is 20.8 Å². The molecule has 3 aromatic rings. The minimum absolute atomic E-state index is 0.953. The van der Waals surface area contributed by atoms with Crippen LogP contribution in [-0.4, -0.2) is 12.0 Å². The Balaban J connectivity index is 1.96. The van der Waals surface area contributed by atoms with E-state index in [1.165, 1.54) is 33.5 Å². The van der Waals surface area contributed by atoms with Crippen molar-refractivity contribution in [1.82, 2.24) is 4.98 Å². The molecule has 0 saturated heterocycles. The monoisotopic (exact) mass is 302 g/mol. The third-order valence-electron chi connectivity index (χ3n) is 4.39. The van der Waals surface area contributed by atoms with Gasteiger partial charge in [0.05, 0.1) is 0 Å². The lowest BCUT2D eigenvalue weighted by atomic mass is 9.98. The zero-order valence-corrected chi connectivity index (χ0v) is 14.2. The molecule has 116 valence electrons. The van der Waals surface area contributed by atoms with Crippen LogP contribution in [0.15, 0.2) is 60.8 Å². The van der Waals surface area contributed by atoms with Crippen LogP contribution in [-0.2, 0) is 0 Å². The van der Waals surface area contributed by atoms with Crippen LogP contribution in [0.2, 0.25) is 0 Å². The topological polar surface area (TPSA) is 16.1 Å². The minimum Gasteiger partial charge on any atom is -0.329 e. The van der Waals surface area contributed by atoms with Crippen molar-refractivity contribution in [3.05, 3.63) is 77.5 Å². The summed E-state index contributed by atoms with van der Waals surface area (Å²) in [4.78, 5) is 6.55. The van der Waals surface area contributed by atoms with Gasteiger partial charge in [-0.15, -0.1) is 0 Å². The number of hydrogen-bond acceptors (Lipinski definition) is 2. The zero-order valence-electron chi connectivity index (χ0n) is 14.2. The number of rotatable bonds is 3. The van der Waals surface area contributed by atoms with Gasteiger partial charge in [-0.3, -0.25) is 0 Å². The van der Waals surface area contributed by atoms with Crippen LogP contribution in [0.4, 0.5) is 11.5 Å². The fourth-order valence-electron chi connectivity index (χ4n) is 2.81. The van der Waals surface area contributed by atoms with Gasteiger partial charge >= 0.3 is 0 Å². The van der Waals surface area contributed by atoms with E-state index in [-0.39, 0.29) is 0 Å². The molecule has 0 radical (unpaired) electrons. The number of aromatic nitrogens is 1. The van der Waals surface area contributed by atoms with E-state index in [9.17, 15) is 0 Å². The van der Waals surface area contributed by atoms with Gasteiger partial charge in [0.15, 0.2) is 0 Å². The minimum atomic E-state index is 0.953. The number of pyridine rings is 1. The maximum absolute atomic E-state index is 4.42. The molecule has 2 heteroatoms. The van der Waals surface area contributed by atoms with Gasteiger partial charge in [-0.05, 0) is 72.9 Å². The molecule has 2 nitrogen and oxygen atoms in total. The van der Waals surface area contributed by atoms with Crippen molar-refractivity contribution in [2.45, 2.75) is 20.8 Å². The zero-order chi connectivity index (χ0) is 16.4. The van der Waals surface area contributed by atoms with Gasteiger partial charge in [0.2, 0.25) is 0 Å². The highest BCUT2D eigenvalue weighted by Crippen LogP contribution is 2.30.